The first kappa shape index (κ1) is 14.7. The Bertz CT molecular complexity index is 711. The molecule has 0 aliphatic carbocycles. The lowest BCUT2D eigenvalue weighted by Crippen LogP contribution is -2.12. The van der Waals surface area contributed by atoms with Crippen molar-refractivity contribution in [2.75, 3.05) is 5.32 Å². The lowest BCUT2D eigenvalue weighted by molar-refractivity contribution is 0.102. The van der Waals surface area contributed by atoms with Gasteiger partial charge in [0, 0.05) is 16.8 Å². The number of oxime groups is 1. The molecular formula is C16H15FN2O2. The van der Waals surface area contributed by atoms with Gasteiger partial charge in [-0.2, -0.15) is 0 Å². The van der Waals surface area contributed by atoms with E-state index in [0.29, 0.717) is 22.5 Å². The van der Waals surface area contributed by atoms with Gasteiger partial charge in [-0.25, -0.2) is 4.39 Å². The van der Waals surface area contributed by atoms with Crippen molar-refractivity contribution in [3.8, 4) is 0 Å². The number of anilines is 1. The van der Waals surface area contributed by atoms with E-state index in [1.807, 2.05) is 0 Å². The number of carbonyl (C=O) groups excluding carboxylic acids is 1. The van der Waals surface area contributed by atoms with Crippen LogP contribution in [0.15, 0.2) is 47.6 Å². The first-order valence-electron chi connectivity index (χ1n) is 6.38. The summed E-state index contributed by atoms with van der Waals surface area (Å²) in [5, 5.41) is 14.5. The molecule has 0 spiro atoms. The minimum atomic E-state index is -0.417. The van der Waals surface area contributed by atoms with Gasteiger partial charge in [0.05, 0.1) is 5.71 Å². The molecular weight excluding hydrogens is 271 g/mol. The Morgan fingerprint density at radius 2 is 1.95 bits per heavy atom. The first-order valence-corrected chi connectivity index (χ1v) is 6.38. The number of hydrogen-bond donors (Lipinski definition) is 2. The summed E-state index contributed by atoms with van der Waals surface area (Å²) in [5.74, 6) is -0.815. The summed E-state index contributed by atoms with van der Waals surface area (Å²) in [7, 11) is 0. The monoisotopic (exact) mass is 286 g/mol. The zero-order chi connectivity index (χ0) is 15.4. The fraction of sp³-hybridized carbons (Fsp3) is 0.125. The molecule has 2 rings (SSSR count). The number of amides is 1. The average Bonchev–Trinajstić information content (AvgIpc) is 2.49. The third kappa shape index (κ3) is 3.45. The molecule has 5 heteroatoms. The average molecular weight is 286 g/mol. The van der Waals surface area contributed by atoms with Gasteiger partial charge in [-0.1, -0.05) is 23.4 Å². The quantitative estimate of drug-likeness (QED) is 0.514. The van der Waals surface area contributed by atoms with E-state index in [-0.39, 0.29) is 5.56 Å². The van der Waals surface area contributed by atoms with E-state index in [1.54, 1.807) is 50.2 Å². The maximum atomic E-state index is 13.5. The van der Waals surface area contributed by atoms with E-state index in [9.17, 15) is 9.18 Å². The van der Waals surface area contributed by atoms with E-state index in [1.165, 1.54) is 6.07 Å². The molecule has 1 amide bonds. The molecule has 2 N–H and O–H groups in total. The summed E-state index contributed by atoms with van der Waals surface area (Å²) in [4.78, 5) is 12.1. The molecule has 0 aromatic heterocycles. The van der Waals surface area contributed by atoms with Crippen LogP contribution in [0.4, 0.5) is 10.1 Å². The van der Waals surface area contributed by atoms with Crippen molar-refractivity contribution in [3.05, 3.63) is 65.0 Å². The van der Waals surface area contributed by atoms with Gasteiger partial charge < -0.3 is 10.5 Å². The van der Waals surface area contributed by atoms with Gasteiger partial charge in [0.15, 0.2) is 0 Å². The summed E-state index contributed by atoms with van der Waals surface area (Å²) < 4.78 is 13.5. The summed E-state index contributed by atoms with van der Waals surface area (Å²) in [6.07, 6.45) is 0. The van der Waals surface area contributed by atoms with Gasteiger partial charge in [-0.05, 0) is 43.7 Å². The smallest absolute Gasteiger partial charge is 0.255 e. The molecule has 21 heavy (non-hydrogen) atoms. The highest BCUT2D eigenvalue weighted by Crippen LogP contribution is 2.15. The van der Waals surface area contributed by atoms with Crippen molar-refractivity contribution >= 4 is 17.3 Å². The number of benzene rings is 2. The molecule has 108 valence electrons. The number of aryl methyl sites for hydroxylation is 1. The summed E-state index contributed by atoms with van der Waals surface area (Å²) in [5.41, 5.74) is 2.40. The van der Waals surface area contributed by atoms with Crippen molar-refractivity contribution in [3.63, 3.8) is 0 Å². The highest BCUT2D eigenvalue weighted by Gasteiger charge is 2.09. The van der Waals surface area contributed by atoms with Crippen LogP contribution in [0, 0.1) is 12.7 Å². The van der Waals surface area contributed by atoms with Crippen LogP contribution in [0.2, 0.25) is 0 Å². The third-order valence-corrected chi connectivity index (χ3v) is 3.12. The molecule has 2 aromatic rings. The van der Waals surface area contributed by atoms with Crippen LogP contribution in [-0.4, -0.2) is 16.8 Å². The van der Waals surface area contributed by atoms with Gasteiger partial charge >= 0.3 is 0 Å². The summed E-state index contributed by atoms with van der Waals surface area (Å²) >= 11 is 0. The van der Waals surface area contributed by atoms with E-state index >= 15 is 0 Å². The van der Waals surface area contributed by atoms with Gasteiger partial charge in [0.1, 0.15) is 5.82 Å². The van der Waals surface area contributed by atoms with Crippen LogP contribution >= 0.6 is 0 Å². The molecule has 2 aromatic carbocycles. The maximum absolute atomic E-state index is 13.5. The molecule has 0 saturated carbocycles. The Balaban J connectivity index is 2.21. The maximum Gasteiger partial charge on any atom is 0.255 e. The van der Waals surface area contributed by atoms with E-state index < -0.39 is 11.7 Å². The van der Waals surface area contributed by atoms with E-state index in [2.05, 4.69) is 10.5 Å². The number of carbonyl (C=O) groups is 1. The second-order valence-corrected chi connectivity index (χ2v) is 4.68. The largest absolute Gasteiger partial charge is 0.411 e. The molecule has 0 unspecified atom stereocenters. The normalized spacial score (nSPS) is 11.3. The Labute approximate surface area is 121 Å². The molecule has 0 aliphatic rings. The molecule has 0 atom stereocenters. The van der Waals surface area contributed by atoms with Crippen LogP contribution in [0.25, 0.3) is 0 Å². The van der Waals surface area contributed by atoms with Crippen molar-refractivity contribution in [2.24, 2.45) is 5.16 Å². The van der Waals surface area contributed by atoms with Crippen LogP contribution in [-0.2, 0) is 0 Å². The molecule has 0 radical (unpaired) electrons. The predicted octanol–water partition coefficient (Wildman–Crippen LogP) is 3.58. The van der Waals surface area contributed by atoms with Crippen LogP contribution in [0.5, 0.6) is 0 Å². The Hall–Kier alpha value is -2.69. The molecule has 0 fully saturated rings. The first-order chi connectivity index (χ1) is 10.0. The fourth-order valence-corrected chi connectivity index (χ4v) is 1.82. The summed E-state index contributed by atoms with van der Waals surface area (Å²) in [6, 6.07) is 11.2. The standard InChI is InChI=1S/C16H15FN2O2/c1-10-6-7-13(9-15(10)17)16(20)18-14-5-3-4-12(8-14)11(2)19-21/h3-9,21H,1-2H3,(H,18,20)/b19-11+. The van der Waals surface area contributed by atoms with Gasteiger partial charge in [0.25, 0.3) is 5.91 Å². The van der Waals surface area contributed by atoms with E-state index in [0.717, 1.165) is 0 Å². The SMILES string of the molecule is C/C(=N\O)c1cccc(NC(=O)c2ccc(C)c(F)c2)c1. The molecule has 0 aliphatic heterocycles. The van der Waals surface area contributed by atoms with Crippen LogP contribution in [0.3, 0.4) is 0 Å². The fourth-order valence-electron chi connectivity index (χ4n) is 1.82. The molecule has 0 heterocycles. The topological polar surface area (TPSA) is 61.7 Å². The number of hydrogen-bond acceptors (Lipinski definition) is 3. The lowest BCUT2D eigenvalue weighted by Gasteiger charge is -2.08. The molecule has 0 saturated heterocycles. The second kappa shape index (κ2) is 6.17. The second-order valence-electron chi connectivity index (χ2n) is 4.68. The Morgan fingerprint density at radius 3 is 2.62 bits per heavy atom. The Morgan fingerprint density at radius 1 is 1.19 bits per heavy atom. The van der Waals surface area contributed by atoms with Gasteiger partial charge in [-0.3, -0.25) is 4.79 Å². The number of rotatable bonds is 3. The number of halogens is 1. The van der Waals surface area contributed by atoms with Crippen molar-refractivity contribution in [1.29, 1.82) is 0 Å². The molecule has 4 nitrogen and oxygen atoms in total. The van der Waals surface area contributed by atoms with Crippen LogP contribution in [0.1, 0.15) is 28.4 Å². The number of nitrogens with zero attached hydrogens (tertiary/aromatic N) is 1. The Kier molecular flexibility index (Phi) is 4.33. The minimum absolute atomic E-state index is 0.246. The van der Waals surface area contributed by atoms with Gasteiger partial charge in [-0.15, -0.1) is 0 Å². The molecule has 0 bridgehead atoms. The lowest BCUT2D eigenvalue weighted by atomic mass is 10.1. The highest BCUT2D eigenvalue weighted by atomic mass is 19.1. The predicted molar refractivity (Wildman–Crippen MR) is 79.5 cm³/mol. The zero-order valence-electron chi connectivity index (χ0n) is 11.7. The zero-order valence-corrected chi connectivity index (χ0v) is 11.7. The number of nitrogens with one attached hydrogen (secondary N) is 1. The van der Waals surface area contributed by atoms with Gasteiger partial charge in [0.2, 0.25) is 0 Å². The van der Waals surface area contributed by atoms with Crippen LogP contribution < -0.4 is 5.32 Å². The summed E-state index contributed by atoms with van der Waals surface area (Å²) in [6.45, 7) is 3.29. The minimum Gasteiger partial charge on any atom is -0.411 e. The highest BCUT2D eigenvalue weighted by molar-refractivity contribution is 6.05. The van der Waals surface area contributed by atoms with Crippen molar-refractivity contribution in [2.45, 2.75) is 13.8 Å². The van der Waals surface area contributed by atoms with Crippen molar-refractivity contribution < 1.29 is 14.4 Å². The van der Waals surface area contributed by atoms with E-state index in [4.69, 9.17) is 5.21 Å². The third-order valence-electron chi connectivity index (χ3n) is 3.12. The van der Waals surface area contributed by atoms with Crippen molar-refractivity contribution in [1.82, 2.24) is 0 Å².